The highest BCUT2D eigenvalue weighted by atomic mass is 35.5. The van der Waals surface area contributed by atoms with Crippen LogP contribution in [-0.2, 0) is 4.79 Å². The lowest BCUT2D eigenvalue weighted by atomic mass is 10.2. The van der Waals surface area contributed by atoms with Gasteiger partial charge in [0.15, 0.2) is 0 Å². The maximum absolute atomic E-state index is 12.9. The van der Waals surface area contributed by atoms with Crippen LogP contribution in [0.1, 0.15) is 13.3 Å². The van der Waals surface area contributed by atoms with Gasteiger partial charge in [0.05, 0.1) is 25.9 Å². The van der Waals surface area contributed by atoms with Gasteiger partial charge in [0.25, 0.3) is 0 Å². The van der Waals surface area contributed by atoms with Gasteiger partial charge in [-0.05, 0) is 43.7 Å². The summed E-state index contributed by atoms with van der Waals surface area (Å²) in [6.45, 7) is 4.30. The number of methoxy groups -OCH3 is 2. The number of urea groups is 1. The molecule has 0 radical (unpaired) electrons. The van der Waals surface area contributed by atoms with E-state index in [1.54, 1.807) is 61.6 Å². The number of halogens is 1. The summed E-state index contributed by atoms with van der Waals surface area (Å²) >= 11 is 5.99. The van der Waals surface area contributed by atoms with Gasteiger partial charge in [0.1, 0.15) is 11.5 Å². The standard InChI is InChI=1S/C23H29ClN4O4/c1-16(22(29)26-20-15-19(31-2)8-9-21(20)32-3)27-10-5-11-28(13-12-27)23(30)25-18-7-4-6-17(24)14-18/h4,6-9,14-16H,5,10-13H2,1-3H3,(H,25,30)(H,26,29)/t16-/m0/s1. The van der Waals surface area contributed by atoms with E-state index in [1.165, 1.54) is 0 Å². The van der Waals surface area contributed by atoms with Crippen LogP contribution in [0.2, 0.25) is 5.02 Å². The highest BCUT2D eigenvalue weighted by Crippen LogP contribution is 2.29. The highest BCUT2D eigenvalue weighted by Gasteiger charge is 2.26. The number of hydrogen-bond donors (Lipinski definition) is 2. The summed E-state index contributed by atoms with van der Waals surface area (Å²) in [4.78, 5) is 29.4. The number of nitrogens with zero attached hydrogens (tertiary/aromatic N) is 2. The highest BCUT2D eigenvalue weighted by molar-refractivity contribution is 6.30. The number of benzene rings is 2. The van der Waals surface area contributed by atoms with Crippen LogP contribution in [0.4, 0.5) is 16.2 Å². The van der Waals surface area contributed by atoms with Crippen LogP contribution in [0.25, 0.3) is 0 Å². The predicted molar refractivity (Wildman–Crippen MR) is 126 cm³/mol. The first kappa shape index (κ1) is 23.7. The lowest BCUT2D eigenvalue weighted by Gasteiger charge is -2.27. The number of anilines is 2. The zero-order chi connectivity index (χ0) is 23.1. The van der Waals surface area contributed by atoms with Gasteiger partial charge in [0.2, 0.25) is 5.91 Å². The van der Waals surface area contributed by atoms with Crippen molar-refractivity contribution < 1.29 is 19.1 Å². The third kappa shape index (κ3) is 6.05. The molecular weight excluding hydrogens is 432 g/mol. The quantitative estimate of drug-likeness (QED) is 0.682. The van der Waals surface area contributed by atoms with Crippen LogP contribution in [0, 0.1) is 0 Å². The molecule has 0 aliphatic carbocycles. The SMILES string of the molecule is COc1ccc(OC)c(NC(=O)[C@H](C)N2CCCN(C(=O)Nc3cccc(Cl)c3)CC2)c1. The molecule has 9 heteroatoms. The number of ether oxygens (including phenoxy) is 2. The Hall–Kier alpha value is -2.97. The average molecular weight is 461 g/mol. The molecule has 1 fully saturated rings. The Morgan fingerprint density at radius 2 is 1.81 bits per heavy atom. The zero-order valence-corrected chi connectivity index (χ0v) is 19.3. The number of rotatable bonds is 6. The van der Waals surface area contributed by atoms with E-state index in [4.69, 9.17) is 21.1 Å². The van der Waals surface area contributed by atoms with Crippen molar-refractivity contribution in [2.24, 2.45) is 0 Å². The first-order valence-corrected chi connectivity index (χ1v) is 10.9. The zero-order valence-electron chi connectivity index (χ0n) is 18.6. The molecule has 2 N–H and O–H groups in total. The fourth-order valence-corrected chi connectivity index (χ4v) is 3.80. The minimum atomic E-state index is -0.373. The van der Waals surface area contributed by atoms with Crippen LogP contribution in [0.3, 0.4) is 0 Å². The molecule has 172 valence electrons. The molecule has 1 saturated heterocycles. The van der Waals surface area contributed by atoms with E-state index in [1.807, 2.05) is 6.92 Å². The molecule has 0 saturated carbocycles. The Labute approximate surface area is 193 Å². The smallest absolute Gasteiger partial charge is 0.321 e. The monoisotopic (exact) mass is 460 g/mol. The van der Waals surface area contributed by atoms with Crippen LogP contribution in [0.5, 0.6) is 11.5 Å². The van der Waals surface area contributed by atoms with Crippen LogP contribution >= 0.6 is 11.6 Å². The summed E-state index contributed by atoms with van der Waals surface area (Å²) in [5.74, 6) is 1.05. The number of hydrogen-bond acceptors (Lipinski definition) is 5. The summed E-state index contributed by atoms with van der Waals surface area (Å²) in [6.07, 6.45) is 0.767. The molecule has 1 aliphatic rings. The molecule has 8 nitrogen and oxygen atoms in total. The minimum absolute atomic E-state index is 0.145. The lowest BCUT2D eigenvalue weighted by molar-refractivity contribution is -0.120. The van der Waals surface area contributed by atoms with Crippen molar-refractivity contribution in [3.63, 3.8) is 0 Å². The molecule has 0 spiro atoms. The first-order chi connectivity index (χ1) is 15.4. The van der Waals surface area contributed by atoms with Crippen molar-refractivity contribution in [1.82, 2.24) is 9.80 Å². The van der Waals surface area contributed by atoms with Crippen LogP contribution in [-0.4, -0.2) is 68.2 Å². The van der Waals surface area contributed by atoms with E-state index < -0.39 is 0 Å². The number of amides is 3. The topological polar surface area (TPSA) is 83.1 Å². The minimum Gasteiger partial charge on any atom is -0.497 e. The molecule has 3 rings (SSSR count). The Morgan fingerprint density at radius 1 is 1.00 bits per heavy atom. The summed E-state index contributed by atoms with van der Waals surface area (Å²) in [6, 6.07) is 11.8. The van der Waals surface area contributed by atoms with Crippen molar-refractivity contribution in [2.45, 2.75) is 19.4 Å². The third-order valence-corrected chi connectivity index (χ3v) is 5.72. The molecule has 2 aromatic rings. The van der Waals surface area contributed by atoms with Gasteiger partial charge in [-0.2, -0.15) is 0 Å². The Kier molecular flexibility index (Phi) is 8.19. The number of carbonyl (C=O) groups is 2. The van der Waals surface area contributed by atoms with Crippen LogP contribution < -0.4 is 20.1 Å². The fourth-order valence-electron chi connectivity index (χ4n) is 3.61. The molecule has 0 unspecified atom stereocenters. The van der Waals surface area contributed by atoms with Gasteiger partial charge in [0, 0.05) is 43.0 Å². The lowest BCUT2D eigenvalue weighted by Crippen LogP contribution is -2.44. The predicted octanol–water partition coefficient (Wildman–Crippen LogP) is 3.92. The van der Waals surface area contributed by atoms with Crippen molar-refractivity contribution in [1.29, 1.82) is 0 Å². The molecule has 0 aromatic heterocycles. The van der Waals surface area contributed by atoms with Gasteiger partial charge >= 0.3 is 6.03 Å². The second-order valence-electron chi connectivity index (χ2n) is 7.55. The molecule has 0 bridgehead atoms. The van der Waals surface area contributed by atoms with E-state index in [0.717, 1.165) is 6.42 Å². The van der Waals surface area contributed by atoms with Gasteiger partial charge in [-0.15, -0.1) is 0 Å². The van der Waals surface area contributed by atoms with Crippen molar-refractivity contribution in [3.8, 4) is 11.5 Å². The largest absolute Gasteiger partial charge is 0.497 e. The van der Waals surface area contributed by atoms with Crippen molar-refractivity contribution in [3.05, 3.63) is 47.5 Å². The fraction of sp³-hybridized carbons (Fsp3) is 0.391. The third-order valence-electron chi connectivity index (χ3n) is 5.49. The molecular formula is C23H29ClN4O4. The van der Waals surface area contributed by atoms with Gasteiger partial charge in [-0.3, -0.25) is 9.69 Å². The van der Waals surface area contributed by atoms with Gasteiger partial charge in [-0.25, -0.2) is 4.79 Å². The van der Waals surface area contributed by atoms with Crippen molar-refractivity contribution >= 4 is 34.9 Å². The molecule has 1 aliphatic heterocycles. The van der Waals surface area contributed by atoms with Gasteiger partial charge < -0.3 is 25.0 Å². The normalized spacial score (nSPS) is 15.4. The maximum atomic E-state index is 12.9. The second-order valence-corrected chi connectivity index (χ2v) is 7.98. The Balaban J connectivity index is 1.58. The first-order valence-electron chi connectivity index (χ1n) is 10.5. The van der Waals surface area contributed by atoms with Gasteiger partial charge in [-0.1, -0.05) is 17.7 Å². The molecule has 1 heterocycles. The molecule has 2 aromatic carbocycles. The second kappa shape index (κ2) is 11.1. The summed E-state index contributed by atoms with van der Waals surface area (Å²) in [5, 5.41) is 6.38. The summed E-state index contributed by atoms with van der Waals surface area (Å²) in [7, 11) is 3.13. The average Bonchev–Trinajstić information content (AvgIpc) is 3.05. The number of nitrogens with one attached hydrogen (secondary N) is 2. The summed E-state index contributed by atoms with van der Waals surface area (Å²) in [5.41, 5.74) is 1.21. The summed E-state index contributed by atoms with van der Waals surface area (Å²) < 4.78 is 10.6. The van der Waals surface area contributed by atoms with E-state index in [0.29, 0.717) is 54.1 Å². The molecule has 32 heavy (non-hydrogen) atoms. The van der Waals surface area contributed by atoms with Crippen LogP contribution in [0.15, 0.2) is 42.5 Å². The van der Waals surface area contributed by atoms with E-state index >= 15 is 0 Å². The molecule has 3 amide bonds. The maximum Gasteiger partial charge on any atom is 0.321 e. The Morgan fingerprint density at radius 3 is 2.53 bits per heavy atom. The van der Waals surface area contributed by atoms with E-state index in [9.17, 15) is 9.59 Å². The Bertz CT molecular complexity index is 955. The number of carbonyl (C=O) groups excluding carboxylic acids is 2. The van der Waals surface area contributed by atoms with Crippen molar-refractivity contribution in [2.75, 3.05) is 51.0 Å². The molecule has 1 atom stereocenters. The van der Waals surface area contributed by atoms with E-state index in [2.05, 4.69) is 15.5 Å². The van der Waals surface area contributed by atoms with E-state index in [-0.39, 0.29) is 18.0 Å².